The van der Waals surface area contributed by atoms with E-state index in [1.54, 1.807) is 12.1 Å². The van der Waals surface area contributed by atoms with E-state index in [1.165, 1.54) is 24.1 Å². The Hall–Kier alpha value is -4.64. The van der Waals surface area contributed by atoms with Gasteiger partial charge >= 0.3 is 0 Å². The van der Waals surface area contributed by atoms with Crippen LogP contribution in [-0.4, -0.2) is 70.1 Å². The van der Waals surface area contributed by atoms with Crippen LogP contribution in [0.15, 0.2) is 47.6 Å². The summed E-state index contributed by atoms with van der Waals surface area (Å²) in [5.74, 6) is -1.12. The molecule has 4 atom stereocenters. The van der Waals surface area contributed by atoms with Crippen molar-refractivity contribution in [3.63, 3.8) is 0 Å². The number of rotatable bonds is 8. The molecule has 11 heteroatoms. The van der Waals surface area contributed by atoms with Crippen molar-refractivity contribution in [1.82, 2.24) is 25.7 Å². The van der Waals surface area contributed by atoms with Crippen molar-refractivity contribution in [1.29, 1.82) is 0 Å². The summed E-state index contributed by atoms with van der Waals surface area (Å²) in [5.41, 5.74) is 4.63. The van der Waals surface area contributed by atoms with Gasteiger partial charge in [0, 0.05) is 60.3 Å². The minimum Gasteiger partial charge on any atom is -0.348 e. The molecule has 2 N–H and O–H groups in total. The highest BCUT2D eigenvalue weighted by atomic mass is 19.1. The number of piperidine rings is 1. The monoisotopic (exact) mass is 731 g/mol. The van der Waals surface area contributed by atoms with E-state index in [1.807, 2.05) is 6.07 Å². The molecule has 10 nitrogen and oxygen atoms in total. The lowest BCUT2D eigenvalue weighted by atomic mass is 9.78. The summed E-state index contributed by atoms with van der Waals surface area (Å²) in [7, 11) is 0. The minimum absolute atomic E-state index is 0.0587. The quantitative estimate of drug-likeness (QED) is 0.314. The number of imide groups is 1. The van der Waals surface area contributed by atoms with Crippen molar-refractivity contribution in [2.75, 3.05) is 19.6 Å². The maximum absolute atomic E-state index is 15.6. The number of ketones is 2. The Morgan fingerprint density at radius 1 is 0.981 bits per heavy atom. The van der Waals surface area contributed by atoms with Crippen LogP contribution in [-0.2, 0) is 9.59 Å². The smallest absolute Gasteiger partial charge is 0.272 e. The molecule has 5 aliphatic carbocycles. The molecule has 3 amide bonds. The summed E-state index contributed by atoms with van der Waals surface area (Å²) >= 11 is 0. The number of allylic oxidation sites excluding steroid dienone is 5. The zero-order valence-electron chi connectivity index (χ0n) is 30.5. The number of amides is 3. The van der Waals surface area contributed by atoms with Crippen LogP contribution in [0.1, 0.15) is 126 Å². The first kappa shape index (κ1) is 35.1. The van der Waals surface area contributed by atoms with Gasteiger partial charge in [-0.2, -0.15) is 5.10 Å². The van der Waals surface area contributed by atoms with E-state index in [-0.39, 0.29) is 53.2 Å². The summed E-state index contributed by atoms with van der Waals surface area (Å²) in [4.78, 5) is 65.7. The molecule has 3 saturated carbocycles. The molecule has 1 unspecified atom stereocenters. The van der Waals surface area contributed by atoms with Crippen LogP contribution in [0.5, 0.6) is 0 Å². The number of hydrogen-bond donors (Lipinski definition) is 2. The van der Waals surface area contributed by atoms with Gasteiger partial charge in [-0.1, -0.05) is 30.9 Å². The van der Waals surface area contributed by atoms with E-state index in [9.17, 15) is 24.0 Å². The largest absolute Gasteiger partial charge is 0.348 e. The molecule has 5 fully saturated rings. The molecule has 1 aromatic heterocycles. The van der Waals surface area contributed by atoms with Crippen LogP contribution in [0, 0.1) is 34.9 Å². The van der Waals surface area contributed by atoms with Crippen molar-refractivity contribution >= 4 is 40.9 Å². The Bertz CT molecular complexity index is 2040. The second-order valence-electron chi connectivity index (χ2n) is 17.1. The number of fused-ring (bicyclic) bond motifs is 2. The molecule has 54 heavy (non-hydrogen) atoms. The normalized spacial score (nSPS) is 28.6. The van der Waals surface area contributed by atoms with Gasteiger partial charge < -0.3 is 10.2 Å². The summed E-state index contributed by atoms with van der Waals surface area (Å²) in [6.45, 7) is 3.20. The van der Waals surface area contributed by atoms with Gasteiger partial charge in [-0.3, -0.25) is 29.3 Å². The standard InChI is InChI=1S/C43H46FN5O5/c44-36-19-33-34(40(52)27(17-38(33)50)15-26-7-11-39(51)46-41(26)53)18-31(36)25-6-9-30-32(16-25)35(30)21-49-22-43(23-49)13-12-24(20-43)14-29-8-10-37(48-47-29)42(54)45-28-4-2-1-3-5-28/h6,8,10,14,17-19,26,28,30,32,35H,1-5,7,9,11-13,15-16,20-23H2,(H,45,54)(H,46,51,53)/b24-14-/t26?,30-,32+,35+/m0/s1. The summed E-state index contributed by atoms with van der Waals surface area (Å²) in [6, 6.07) is 6.67. The highest BCUT2D eigenvalue weighted by molar-refractivity contribution is 6.25. The molecule has 9 rings (SSSR count). The predicted molar refractivity (Wildman–Crippen MR) is 198 cm³/mol. The SMILES string of the molecule is O=C1CCC(CC2=CC(=O)c3cc(F)c(C4=CC[C@H]5[C@@H](C4)[C@@H]5CN4CC5(CC/C(=C/c6ccc(C(=O)NC7CCCCC7)nn6)C5)C4)cc3C2=O)C(=O)N1. The van der Waals surface area contributed by atoms with Crippen LogP contribution in [0.25, 0.3) is 11.6 Å². The number of hydrogen-bond acceptors (Lipinski definition) is 8. The maximum Gasteiger partial charge on any atom is 0.272 e. The Morgan fingerprint density at radius 2 is 1.81 bits per heavy atom. The summed E-state index contributed by atoms with van der Waals surface area (Å²) in [6.07, 6.45) is 16.6. The Labute approximate surface area is 314 Å². The van der Waals surface area contributed by atoms with Crippen molar-refractivity contribution in [2.45, 2.75) is 89.5 Å². The fourth-order valence-electron chi connectivity index (χ4n) is 10.4. The van der Waals surface area contributed by atoms with E-state index in [4.69, 9.17) is 0 Å². The fraction of sp³-hybridized carbons (Fsp3) is 0.512. The van der Waals surface area contributed by atoms with Crippen molar-refractivity contribution in [2.24, 2.45) is 29.1 Å². The van der Waals surface area contributed by atoms with Gasteiger partial charge in [0.2, 0.25) is 11.8 Å². The van der Waals surface area contributed by atoms with Crippen molar-refractivity contribution in [3.8, 4) is 0 Å². The van der Waals surface area contributed by atoms with Gasteiger partial charge in [-0.05, 0) is 123 Å². The van der Waals surface area contributed by atoms with Crippen molar-refractivity contribution in [3.05, 3.63) is 81.5 Å². The number of benzene rings is 1. The first-order valence-corrected chi connectivity index (χ1v) is 19.8. The first-order chi connectivity index (χ1) is 26.1. The number of aromatic nitrogens is 2. The number of nitrogens with one attached hydrogen (secondary N) is 2. The van der Waals surface area contributed by atoms with E-state index in [0.717, 1.165) is 88.7 Å². The molecular formula is C43H46FN5O5. The highest BCUT2D eigenvalue weighted by Gasteiger charge is 2.54. The third-order valence-electron chi connectivity index (χ3n) is 13.4. The number of halogens is 1. The molecule has 280 valence electrons. The molecule has 7 aliphatic rings. The molecule has 2 aliphatic heterocycles. The van der Waals surface area contributed by atoms with Crippen molar-refractivity contribution < 1.29 is 28.4 Å². The maximum atomic E-state index is 15.6. The topological polar surface area (TPSA) is 138 Å². The third-order valence-corrected chi connectivity index (χ3v) is 13.4. The predicted octanol–water partition coefficient (Wildman–Crippen LogP) is 6.04. The number of Topliss-reactive ketones (excluding diaryl/α,β-unsaturated/α-hetero) is 1. The van der Waals surface area contributed by atoms with Crippen LogP contribution in [0.2, 0.25) is 0 Å². The minimum atomic E-state index is -0.560. The van der Waals surface area contributed by atoms with E-state index in [2.05, 4.69) is 37.9 Å². The van der Waals surface area contributed by atoms with Gasteiger partial charge in [0.1, 0.15) is 5.82 Å². The van der Waals surface area contributed by atoms with Gasteiger partial charge in [0.25, 0.3) is 5.91 Å². The zero-order valence-corrected chi connectivity index (χ0v) is 30.5. The molecule has 1 spiro atoms. The second kappa shape index (κ2) is 13.9. The van der Waals surface area contributed by atoms with Gasteiger partial charge in [-0.15, -0.1) is 5.10 Å². The lowest BCUT2D eigenvalue weighted by Gasteiger charge is -2.48. The molecule has 0 radical (unpaired) electrons. The van der Waals surface area contributed by atoms with Crippen LogP contribution < -0.4 is 10.6 Å². The van der Waals surface area contributed by atoms with Gasteiger partial charge in [-0.25, -0.2) is 4.39 Å². The third kappa shape index (κ3) is 6.80. The Kier molecular flexibility index (Phi) is 9.03. The van der Waals surface area contributed by atoms with Crippen LogP contribution in [0.3, 0.4) is 0 Å². The van der Waals surface area contributed by atoms with E-state index < -0.39 is 23.4 Å². The number of carbonyl (C=O) groups is 5. The lowest BCUT2D eigenvalue weighted by Crippen LogP contribution is -2.55. The Balaban J connectivity index is 0.773. The van der Waals surface area contributed by atoms with Crippen LogP contribution in [0.4, 0.5) is 4.39 Å². The average molecular weight is 732 g/mol. The highest BCUT2D eigenvalue weighted by Crippen LogP contribution is 2.58. The first-order valence-electron chi connectivity index (χ1n) is 19.8. The van der Waals surface area contributed by atoms with E-state index >= 15 is 4.39 Å². The lowest BCUT2D eigenvalue weighted by molar-refractivity contribution is -0.136. The Morgan fingerprint density at radius 3 is 2.59 bits per heavy atom. The summed E-state index contributed by atoms with van der Waals surface area (Å²) in [5, 5.41) is 14.0. The van der Waals surface area contributed by atoms with Gasteiger partial charge in [0.15, 0.2) is 17.3 Å². The zero-order chi connectivity index (χ0) is 37.1. The molecule has 1 aromatic carbocycles. The molecular weight excluding hydrogens is 686 g/mol. The molecule has 3 heterocycles. The number of likely N-dealkylation sites (tertiary alicyclic amines) is 1. The number of nitrogens with zero attached hydrogens (tertiary/aromatic N) is 3. The number of carbonyl (C=O) groups excluding carboxylic acids is 5. The molecule has 0 bridgehead atoms. The fourth-order valence-corrected chi connectivity index (χ4v) is 10.4. The van der Waals surface area contributed by atoms with Gasteiger partial charge in [0.05, 0.1) is 5.69 Å². The molecule has 2 aromatic rings. The second-order valence-corrected chi connectivity index (χ2v) is 17.1. The van der Waals surface area contributed by atoms with Crippen LogP contribution >= 0.6 is 0 Å². The average Bonchev–Trinajstić information content (AvgIpc) is 3.66. The summed E-state index contributed by atoms with van der Waals surface area (Å²) < 4.78 is 15.6. The van der Waals surface area contributed by atoms with E-state index in [0.29, 0.717) is 40.8 Å². The molecule has 2 saturated heterocycles.